The summed E-state index contributed by atoms with van der Waals surface area (Å²) in [5.41, 5.74) is 0. The Bertz CT molecular complexity index is 98.7. The summed E-state index contributed by atoms with van der Waals surface area (Å²) in [5.74, 6) is 0.472. The monoisotopic (exact) mass is 115 g/mol. The fraction of sp³-hybridized carbons (Fsp3) is 0.833. The number of esters is 1. The molecule has 1 aliphatic heterocycles. The molecule has 0 aromatic rings. The van der Waals surface area contributed by atoms with E-state index in [-0.39, 0.29) is 11.9 Å². The molecule has 0 aliphatic carbocycles. The SMILES string of the molecule is CC1CCCOC1=[OH+]. The quantitative estimate of drug-likeness (QED) is 0.341. The highest BCUT2D eigenvalue weighted by Crippen LogP contribution is 2.12. The fourth-order valence-corrected chi connectivity index (χ4v) is 0.832. The van der Waals surface area contributed by atoms with E-state index in [2.05, 4.69) is 0 Å². The molecule has 0 saturated carbocycles. The van der Waals surface area contributed by atoms with Gasteiger partial charge in [-0.3, -0.25) is 0 Å². The molecular weight excluding hydrogens is 104 g/mol. The van der Waals surface area contributed by atoms with Gasteiger partial charge in [0.05, 0.1) is 0 Å². The fourth-order valence-electron chi connectivity index (χ4n) is 0.832. The minimum atomic E-state index is 0.219. The summed E-state index contributed by atoms with van der Waals surface area (Å²) in [7, 11) is 0. The van der Waals surface area contributed by atoms with Crippen LogP contribution in [0.2, 0.25) is 0 Å². The first-order valence-electron chi connectivity index (χ1n) is 2.99. The van der Waals surface area contributed by atoms with Gasteiger partial charge >= 0.3 is 5.97 Å². The number of cyclic esters (lactones) is 1. The van der Waals surface area contributed by atoms with Crippen LogP contribution in [0.15, 0.2) is 0 Å². The zero-order chi connectivity index (χ0) is 5.98. The highest BCUT2D eigenvalue weighted by Gasteiger charge is 2.26. The summed E-state index contributed by atoms with van der Waals surface area (Å²) >= 11 is 0. The van der Waals surface area contributed by atoms with E-state index in [1.165, 1.54) is 0 Å². The Hall–Kier alpha value is -0.530. The minimum absolute atomic E-state index is 0.219. The minimum Gasteiger partial charge on any atom is -0.339 e. The van der Waals surface area contributed by atoms with Crippen molar-refractivity contribution in [3.8, 4) is 0 Å². The first-order valence-corrected chi connectivity index (χ1v) is 2.99. The molecule has 8 heavy (non-hydrogen) atoms. The van der Waals surface area contributed by atoms with Crippen molar-refractivity contribution in [1.82, 2.24) is 0 Å². The van der Waals surface area contributed by atoms with Crippen molar-refractivity contribution in [2.45, 2.75) is 19.8 Å². The van der Waals surface area contributed by atoms with Gasteiger partial charge in [0.2, 0.25) is 0 Å². The Morgan fingerprint density at radius 1 is 1.75 bits per heavy atom. The summed E-state index contributed by atoms with van der Waals surface area (Å²) in [5, 5.41) is 0. The number of hydrogen-bond acceptors (Lipinski definition) is 1. The van der Waals surface area contributed by atoms with Crippen LogP contribution < -0.4 is 0 Å². The molecule has 1 N–H and O–H groups in total. The van der Waals surface area contributed by atoms with E-state index in [0.29, 0.717) is 6.61 Å². The molecule has 1 unspecified atom stereocenters. The molecular formula is C6H11O2+. The smallest absolute Gasteiger partial charge is 0.339 e. The molecule has 46 valence electrons. The first-order chi connectivity index (χ1) is 3.80. The predicted octanol–water partition coefficient (Wildman–Crippen LogP) is 0.935. The van der Waals surface area contributed by atoms with Gasteiger partial charge in [0, 0.05) is 6.42 Å². The van der Waals surface area contributed by atoms with Crippen LogP contribution in [0, 0.1) is 5.92 Å². The normalized spacial score (nSPS) is 29.6. The van der Waals surface area contributed by atoms with Crippen molar-refractivity contribution in [2.24, 2.45) is 5.92 Å². The van der Waals surface area contributed by atoms with Crippen LogP contribution in [0.4, 0.5) is 0 Å². The molecule has 2 heteroatoms. The van der Waals surface area contributed by atoms with Gasteiger partial charge in [-0.15, -0.1) is 0 Å². The van der Waals surface area contributed by atoms with E-state index in [1.807, 2.05) is 6.92 Å². The van der Waals surface area contributed by atoms with Crippen LogP contribution in [-0.2, 0) is 4.74 Å². The Labute approximate surface area is 48.8 Å². The molecule has 0 bridgehead atoms. The number of ether oxygens (including phenoxy) is 1. The topological polar surface area (TPSA) is 30.6 Å². The van der Waals surface area contributed by atoms with Crippen molar-refractivity contribution < 1.29 is 9.53 Å². The summed E-state index contributed by atoms with van der Waals surface area (Å²) in [6, 6.07) is 0. The van der Waals surface area contributed by atoms with Gasteiger partial charge < -0.3 is 9.53 Å². The van der Waals surface area contributed by atoms with E-state index in [4.69, 9.17) is 9.53 Å². The third kappa shape index (κ3) is 0.997. The van der Waals surface area contributed by atoms with Crippen molar-refractivity contribution in [1.29, 1.82) is 0 Å². The van der Waals surface area contributed by atoms with Crippen LogP contribution in [0.3, 0.4) is 0 Å². The first kappa shape index (κ1) is 5.60. The maximum atomic E-state index is 8.87. The van der Waals surface area contributed by atoms with Gasteiger partial charge in [0.25, 0.3) is 0 Å². The molecule has 1 heterocycles. The van der Waals surface area contributed by atoms with E-state index in [0.717, 1.165) is 12.8 Å². The Morgan fingerprint density at radius 2 is 2.50 bits per heavy atom. The molecule has 0 spiro atoms. The van der Waals surface area contributed by atoms with E-state index in [9.17, 15) is 0 Å². The zero-order valence-corrected chi connectivity index (χ0v) is 5.05. The Morgan fingerprint density at radius 3 is 2.88 bits per heavy atom. The molecule has 1 rings (SSSR count). The molecule has 1 atom stereocenters. The van der Waals surface area contributed by atoms with E-state index >= 15 is 0 Å². The molecule has 0 radical (unpaired) electrons. The van der Waals surface area contributed by atoms with Crippen LogP contribution in [-0.4, -0.2) is 17.4 Å². The summed E-state index contributed by atoms with van der Waals surface area (Å²) < 4.78 is 4.86. The molecule has 1 saturated heterocycles. The van der Waals surface area contributed by atoms with Gasteiger partial charge in [-0.2, -0.15) is 0 Å². The van der Waals surface area contributed by atoms with Crippen molar-refractivity contribution in [3.63, 3.8) is 0 Å². The van der Waals surface area contributed by atoms with Crippen LogP contribution in [0.5, 0.6) is 0 Å². The van der Waals surface area contributed by atoms with Gasteiger partial charge in [-0.1, -0.05) is 0 Å². The number of carbonyl (C=O) groups excluding carboxylic acids is 1. The predicted molar refractivity (Wildman–Crippen MR) is 31.3 cm³/mol. The van der Waals surface area contributed by atoms with Gasteiger partial charge in [-0.05, 0) is 13.3 Å². The van der Waals surface area contributed by atoms with Gasteiger partial charge in [-0.25, -0.2) is 0 Å². The zero-order valence-electron chi connectivity index (χ0n) is 5.05. The maximum absolute atomic E-state index is 8.87. The highest BCUT2D eigenvalue weighted by atomic mass is 16.5. The lowest BCUT2D eigenvalue weighted by molar-refractivity contribution is 0.204. The molecule has 1 aliphatic rings. The average Bonchev–Trinajstić information content (AvgIpc) is 1.77. The molecule has 0 aromatic heterocycles. The third-order valence-corrected chi connectivity index (χ3v) is 1.45. The molecule has 0 aromatic carbocycles. The third-order valence-electron chi connectivity index (χ3n) is 1.45. The molecule has 1 fully saturated rings. The second kappa shape index (κ2) is 2.16. The standard InChI is InChI=1S/C6H10O2/c1-5-3-2-4-8-6(5)7/h5H,2-4H2,1H3/p+1. The number of rotatable bonds is 0. The Balaban J connectivity index is 2.39. The second-order valence-corrected chi connectivity index (χ2v) is 2.23. The highest BCUT2D eigenvalue weighted by molar-refractivity contribution is 5.73. The summed E-state index contributed by atoms with van der Waals surface area (Å²) in [6.45, 7) is 2.66. The summed E-state index contributed by atoms with van der Waals surface area (Å²) in [4.78, 5) is 8.87. The van der Waals surface area contributed by atoms with E-state index in [1.54, 1.807) is 0 Å². The lowest BCUT2D eigenvalue weighted by Crippen LogP contribution is -2.21. The average molecular weight is 115 g/mol. The van der Waals surface area contributed by atoms with Crippen molar-refractivity contribution in [3.05, 3.63) is 0 Å². The Kier molecular flexibility index (Phi) is 1.51. The largest absolute Gasteiger partial charge is 0.485 e. The second-order valence-electron chi connectivity index (χ2n) is 2.23. The molecule has 0 amide bonds. The van der Waals surface area contributed by atoms with Crippen LogP contribution in [0.25, 0.3) is 0 Å². The van der Waals surface area contributed by atoms with Gasteiger partial charge in [0.1, 0.15) is 5.92 Å². The van der Waals surface area contributed by atoms with Crippen LogP contribution >= 0.6 is 0 Å². The van der Waals surface area contributed by atoms with Crippen molar-refractivity contribution in [2.75, 3.05) is 6.61 Å². The van der Waals surface area contributed by atoms with Crippen molar-refractivity contribution >= 4 is 5.97 Å². The van der Waals surface area contributed by atoms with Crippen LogP contribution in [0.1, 0.15) is 19.8 Å². The van der Waals surface area contributed by atoms with Gasteiger partial charge in [0.15, 0.2) is 6.61 Å². The van der Waals surface area contributed by atoms with E-state index < -0.39 is 0 Å². The molecule has 2 nitrogen and oxygen atoms in total. The maximum Gasteiger partial charge on any atom is 0.485 e. The summed E-state index contributed by atoms with van der Waals surface area (Å²) in [6.07, 6.45) is 2.14. The lowest BCUT2D eigenvalue weighted by Gasteiger charge is -2.08. The lowest BCUT2D eigenvalue weighted by atomic mass is 10.0. The number of hydrogen-bond donors (Lipinski definition) is 0.